The minimum Gasteiger partial charge on any atom is -0.342 e. The highest BCUT2D eigenvalue weighted by atomic mass is 32.1. The molecule has 30 heavy (non-hydrogen) atoms. The van der Waals surface area contributed by atoms with Gasteiger partial charge in [0, 0.05) is 31.8 Å². The Morgan fingerprint density at radius 2 is 1.90 bits per heavy atom. The third kappa shape index (κ3) is 3.73. The van der Waals surface area contributed by atoms with E-state index in [1.807, 2.05) is 47.4 Å². The molecule has 1 fully saturated rings. The molecule has 2 aromatic heterocycles. The van der Waals surface area contributed by atoms with E-state index in [0.717, 1.165) is 35.4 Å². The van der Waals surface area contributed by atoms with Gasteiger partial charge in [0.25, 0.3) is 5.56 Å². The Kier molecular flexibility index (Phi) is 5.04. The van der Waals surface area contributed by atoms with Gasteiger partial charge in [-0.25, -0.2) is 9.97 Å². The summed E-state index contributed by atoms with van der Waals surface area (Å²) in [5, 5.41) is 1.11. The lowest BCUT2D eigenvalue weighted by molar-refractivity contribution is -0.132. The number of benzene rings is 2. The Balaban J connectivity index is 1.27. The summed E-state index contributed by atoms with van der Waals surface area (Å²) in [6, 6.07) is 15.6. The van der Waals surface area contributed by atoms with E-state index in [-0.39, 0.29) is 17.4 Å². The minimum atomic E-state index is -0.215. The number of nitrogens with one attached hydrogen (secondary N) is 1. The van der Waals surface area contributed by atoms with Crippen molar-refractivity contribution in [1.82, 2.24) is 19.9 Å². The number of rotatable bonds is 4. The number of likely N-dealkylation sites (tertiary alicyclic amines) is 1. The average Bonchev–Trinajstić information content (AvgIpc) is 3.22. The van der Waals surface area contributed by atoms with E-state index in [2.05, 4.69) is 16.0 Å². The second kappa shape index (κ2) is 7.99. The van der Waals surface area contributed by atoms with Crippen LogP contribution in [0.15, 0.2) is 53.3 Å². The second-order valence-electron chi connectivity index (χ2n) is 7.73. The number of carbonyl (C=O) groups excluding carboxylic acids is 1. The van der Waals surface area contributed by atoms with Gasteiger partial charge >= 0.3 is 0 Å². The number of nitrogens with zero attached hydrogens (tertiary/aromatic N) is 3. The van der Waals surface area contributed by atoms with E-state index < -0.39 is 0 Å². The van der Waals surface area contributed by atoms with Crippen LogP contribution in [0.25, 0.3) is 21.3 Å². The van der Waals surface area contributed by atoms with Gasteiger partial charge in [-0.05, 0) is 37.1 Å². The van der Waals surface area contributed by atoms with Gasteiger partial charge < -0.3 is 9.88 Å². The number of amides is 1. The fourth-order valence-electron chi connectivity index (χ4n) is 4.09. The van der Waals surface area contributed by atoms with E-state index in [4.69, 9.17) is 4.98 Å². The maximum Gasteiger partial charge on any atom is 0.270 e. The van der Waals surface area contributed by atoms with Crippen LogP contribution in [0.2, 0.25) is 0 Å². The van der Waals surface area contributed by atoms with E-state index in [1.54, 1.807) is 11.3 Å². The summed E-state index contributed by atoms with van der Waals surface area (Å²) in [4.78, 5) is 39.2. The summed E-state index contributed by atoms with van der Waals surface area (Å²) in [7, 11) is 0. The number of carbonyl (C=O) groups is 1. The molecule has 6 nitrogen and oxygen atoms in total. The molecule has 1 aliphatic rings. The fourth-order valence-corrected chi connectivity index (χ4v) is 5.18. The van der Waals surface area contributed by atoms with Crippen molar-refractivity contribution in [1.29, 1.82) is 0 Å². The molecule has 1 saturated heterocycles. The Morgan fingerprint density at radius 3 is 2.77 bits per heavy atom. The normalized spacial score (nSPS) is 16.9. The van der Waals surface area contributed by atoms with Crippen LogP contribution in [0.3, 0.4) is 0 Å². The van der Waals surface area contributed by atoms with Crippen LogP contribution in [0.1, 0.15) is 35.9 Å². The summed E-state index contributed by atoms with van der Waals surface area (Å²) in [6.07, 6.45) is 2.67. The van der Waals surface area contributed by atoms with Gasteiger partial charge in [-0.2, -0.15) is 0 Å². The molecular formula is C23H22N4O2S. The zero-order valence-electron chi connectivity index (χ0n) is 16.5. The van der Waals surface area contributed by atoms with Gasteiger partial charge in [0.2, 0.25) is 5.91 Å². The summed E-state index contributed by atoms with van der Waals surface area (Å²) in [5.74, 6) is 0.359. The van der Waals surface area contributed by atoms with E-state index in [9.17, 15) is 9.59 Å². The quantitative estimate of drug-likeness (QED) is 0.546. The van der Waals surface area contributed by atoms with Crippen molar-refractivity contribution in [2.75, 3.05) is 13.1 Å². The van der Waals surface area contributed by atoms with Crippen molar-refractivity contribution in [3.05, 3.63) is 69.6 Å². The highest BCUT2D eigenvalue weighted by Gasteiger charge is 2.27. The van der Waals surface area contributed by atoms with Crippen molar-refractivity contribution in [2.24, 2.45) is 0 Å². The molecule has 0 radical (unpaired) electrons. The zero-order valence-corrected chi connectivity index (χ0v) is 17.3. The predicted octanol–water partition coefficient (Wildman–Crippen LogP) is 3.87. The van der Waals surface area contributed by atoms with Gasteiger partial charge in [0.15, 0.2) is 0 Å². The molecule has 1 atom stereocenters. The van der Waals surface area contributed by atoms with Crippen LogP contribution >= 0.6 is 11.3 Å². The molecule has 0 bridgehead atoms. The maximum absolute atomic E-state index is 12.9. The Bertz CT molecular complexity index is 1250. The highest BCUT2D eigenvalue weighted by Crippen LogP contribution is 2.33. The first-order valence-electron chi connectivity index (χ1n) is 10.3. The van der Waals surface area contributed by atoms with Crippen molar-refractivity contribution in [3.63, 3.8) is 0 Å². The third-order valence-corrected chi connectivity index (χ3v) is 6.88. The first kappa shape index (κ1) is 18.9. The Morgan fingerprint density at radius 1 is 1.10 bits per heavy atom. The molecule has 1 amide bonds. The zero-order chi connectivity index (χ0) is 20.5. The number of para-hydroxylation sites is 3. The first-order valence-corrected chi connectivity index (χ1v) is 11.1. The van der Waals surface area contributed by atoms with Gasteiger partial charge in [0.1, 0.15) is 5.69 Å². The van der Waals surface area contributed by atoms with E-state index in [0.29, 0.717) is 30.6 Å². The fraction of sp³-hybridized carbons (Fsp3) is 0.304. The monoisotopic (exact) mass is 418 g/mol. The maximum atomic E-state index is 12.9. The second-order valence-corrected chi connectivity index (χ2v) is 8.79. The van der Waals surface area contributed by atoms with Crippen LogP contribution < -0.4 is 5.56 Å². The summed E-state index contributed by atoms with van der Waals surface area (Å²) >= 11 is 1.73. The standard InChI is InChI=1S/C23H22N4O2S/c28-21(12-11-19-22(29)25-17-8-2-1-7-16(17)24-19)27-13-5-6-15(14-27)23-26-18-9-3-4-10-20(18)30-23/h1-4,7-10,15H,5-6,11-14H2,(H,25,29)/t15-/m1/s1. The van der Waals surface area contributed by atoms with Crippen LogP contribution in [-0.4, -0.2) is 38.8 Å². The Hall–Kier alpha value is -3.06. The number of H-pyrrole nitrogens is 1. The van der Waals surface area contributed by atoms with Crippen LogP contribution in [0, 0.1) is 0 Å². The number of hydrogen-bond acceptors (Lipinski definition) is 5. The van der Waals surface area contributed by atoms with Crippen molar-refractivity contribution < 1.29 is 4.79 Å². The highest BCUT2D eigenvalue weighted by molar-refractivity contribution is 7.18. The molecule has 3 heterocycles. The molecule has 5 rings (SSSR count). The van der Waals surface area contributed by atoms with Crippen LogP contribution in [0.4, 0.5) is 0 Å². The van der Waals surface area contributed by atoms with Crippen LogP contribution in [0.5, 0.6) is 0 Å². The lowest BCUT2D eigenvalue weighted by atomic mass is 9.98. The topological polar surface area (TPSA) is 79.0 Å². The van der Waals surface area contributed by atoms with Gasteiger partial charge in [-0.3, -0.25) is 9.59 Å². The van der Waals surface area contributed by atoms with Crippen molar-refractivity contribution in [3.8, 4) is 0 Å². The summed E-state index contributed by atoms with van der Waals surface area (Å²) < 4.78 is 1.19. The largest absolute Gasteiger partial charge is 0.342 e. The van der Waals surface area contributed by atoms with E-state index >= 15 is 0 Å². The number of aromatic nitrogens is 3. The summed E-state index contributed by atoms with van der Waals surface area (Å²) in [5.41, 5.74) is 2.69. The molecule has 0 unspecified atom stereocenters. The molecule has 0 saturated carbocycles. The first-order chi connectivity index (χ1) is 14.7. The molecule has 4 aromatic rings. The molecule has 0 aliphatic carbocycles. The number of thiazole rings is 1. The van der Waals surface area contributed by atoms with E-state index in [1.165, 1.54) is 4.70 Å². The number of aromatic amines is 1. The van der Waals surface area contributed by atoms with Gasteiger partial charge in [0.05, 0.1) is 26.3 Å². The third-order valence-electron chi connectivity index (χ3n) is 5.68. The number of aryl methyl sites for hydroxylation is 1. The smallest absolute Gasteiger partial charge is 0.270 e. The summed E-state index contributed by atoms with van der Waals surface area (Å²) in [6.45, 7) is 1.46. The SMILES string of the molecule is O=C(CCc1nc2ccccc2[nH]c1=O)N1CCC[C@@H](c2nc3ccccc3s2)C1. The molecule has 152 valence electrons. The molecule has 1 aliphatic heterocycles. The van der Waals surface area contributed by atoms with Crippen LogP contribution in [-0.2, 0) is 11.2 Å². The van der Waals surface area contributed by atoms with Gasteiger partial charge in [-0.15, -0.1) is 11.3 Å². The van der Waals surface area contributed by atoms with Crippen molar-refractivity contribution >= 4 is 38.5 Å². The number of hydrogen-bond donors (Lipinski definition) is 1. The van der Waals surface area contributed by atoms with Gasteiger partial charge in [-0.1, -0.05) is 24.3 Å². The minimum absolute atomic E-state index is 0.0789. The van der Waals surface area contributed by atoms with Crippen molar-refractivity contribution in [2.45, 2.75) is 31.6 Å². The average molecular weight is 419 g/mol. The lowest BCUT2D eigenvalue weighted by Crippen LogP contribution is -2.39. The number of piperidine rings is 1. The molecule has 2 aromatic carbocycles. The molecule has 7 heteroatoms. The molecule has 1 N–H and O–H groups in total. The number of fused-ring (bicyclic) bond motifs is 2. The molecule has 0 spiro atoms. The lowest BCUT2D eigenvalue weighted by Gasteiger charge is -2.32. The Labute approximate surface area is 177 Å². The predicted molar refractivity (Wildman–Crippen MR) is 119 cm³/mol. The molecular weight excluding hydrogens is 396 g/mol.